The van der Waals surface area contributed by atoms with Crippen LogP contribution in [0.15, 0.2) is 24.3 Å². The normalized spacial score (nSPS) is 23.0. The zero-order valence-electron chi connectivity index (χ0n) is 13.0. The van der Waals surface area contributed by atoms with Crippen molar-refractivity contribution in [2.45, 2.75) is 31.2 Å². The molecule has 6 nitrogen and oxygen atoms in total. The van der Waals surface area contributed by atoms with Crippen molar-refractivity contribution in [1.82, 2.24) is 9.21 Å². The van der Waals surface area contributed by atoms with Crippen LogP contribution < -0.4 is 0 Å². The summed E-state index contributed by atoms with van der Waals surface area (Å²) in [5.41, 5.74) is 0.250. The second-order valence-electron chi connectivity index (χ2n) is 6.40. The number of amides is 1. The average molecular weight is 359 g/mol. The van der Waals surface area contributed by atoms with Gasteiger partial charge in [-0.3, -0.25) is 4.90 Å². The highest BCUT2D eigenvalue weighted by atomic mass is 35.5. The standard InChI is InChI=1S/C15H19ClN2O4S/c1-11(2)23(20,21)18-9-15(10-18)8-17(14(19)22-15)7-12-3-5-13(16)6-4-12/h3-6,11H,7-10H2,1-2H3. The van der Waals surface area contributed by atoms with Gasteiger partial charge in [-0.1, -0.05) is 27.9 Å². The zero-order chi connectivity index (χ0) is 16.8. The SMILES string of the molecule is CC(C)[S+](=O)([O-])N1CC2(CN(Cc3ccc(Cl)cc3)C(=O)O2)C1. The van der Waals surface area contributed by atoms with E-state index in [1.807, 2.05) is 12.1 Å². The zero-order valence-corrected chi connectivity index (χ0v) is 14.6. The third-order valence-electron chi connectivity index (χ3n) is 4.21. The van der Waals surface area contributed by atoms with Crippen LogP contribution in [0.3, 0.4) is 0 Å². The molecule has 1 aromatic rings. The molecular weight excluding hydrogens is 340 g/mol. The first kappa shape index (κ1) is 16.7. The minimum absolute atomic E-state index is 0.233. The highest BCUT2D eigenvalue weighted by molar-refractivity contribution is 7.96. The van der Waals surface area contributed by atoms with E-state index >= 15 is 0 Å². The van der Waals surface area contributed by atoms with Gasteiger partial charge in [-0.15, -0.1) is 4.31 Å². The lowest BCUT2D eigenvalue weighted by Gasteiger charge is -2.46. The quantitative estimate of drug-likeness (QED) is 0.774. The highest BCUT2D eigenvalue weighted by Crippen LogP contribution is 2.37. The molecule has 3 rings (SSSR count). The molecule has 2 aliphatic rings. The minimum Gasteiger partial charge on any atom is -0.597 e. The van der Waals surface area contributed by atoms with Crippen molar-refractivity contribution in [2.24, 2.45) is 0 Å². The summed E-state index contributed by atoms with van der Waals surface area (Å²) in [4.78, 5) is 13.7. The van der Waals surface area contributed by atoms with Gasteiger partial charge < -0.3 is 9.29 Å². The predicted octanol–water partition coefficient (Wildman–Crippen LogP) is 2.30. The van der Waals surface area contributed by atoms with Crippen LogP contribution in [-0.4, -0.2) is 50.3 Å². The molecule has 23 heavy (non-hydrogen) atoms. The van der Waals surface area contributed by atoms with Crippen LogP contribution in [0.4, 0.5) is 4.79 Å². The van der Waals surface area contributed by atoms with Crippen molar-refractivity contribution in [3.63, 3.8) is 0 Å². The number of sulfonamides is 1. The molecule has 0 aliphatic carbocycles. The van der Waals surface area contributed by atoms with Crippen LogP contribution >= 0.6 is 11.6 Å². The number of nitrogens with zero attached hydrogens (tertiary/aromatic N) is 2. The van der Waals surface area contributed by atoms with Gasteiger partial charge in [0.05, 0.1) is 19.6 Å². The Bertz CT molecular complexity index is 658. The van der Waals surface area contributed by atoms with Crippen molar-refractivity contribution in [3.8, 4) is 0 Å². The number of hydrogen-bond donors (Lipinski definition) is 0. The van der Waals surface area contributed by atoms with E-state index in [1.165, 1.54) is 4.31 Å². The number of benzene rings is 1. The van der Waals surface area contributed by atoms with E-state index in [1.54, 1.807) is 30.9 Å². The fourth-order valence-electron chi connectivity index (χ4n) is 2.86. The van der Waals surface area contributed by atoms with Crippen molar-refractivity contribution in [2.75, 3.05) is 19.6 Å². The fraction of sp³-hybridized carbons (Fsp3) is 0.533. The summed E-state index contributed by atoms with van der Waals surface area (Å²) in [6.07, 6.45) is -0.401. The molecule has 8 heteroatoms. The summed E-state index contributed by atoms with van der Waals surface area (Å²) in [5, 5.41) is 0.171. The third kappa shape index (κ3) is 3.10. The molecular formula is C15H19ClN2O4S. The molecule has 2 fully saturated rings. The Labute approximate surface area is 141 Å². The van der Waals surface area contributed by atoms with Crippen LogP contribution in [0.5, 0.6) is 0 Å². The van der Waals surface area contributed by atoms with E-state index in [-0.39, 0.29) is 13.1 Å². The summed E-state index contributed by atoms with van der Waals surface area (Å²) >= 11 is 5.85. The molecule has 0 radical (unpaired) electrons. The van der Waals surface area contributed by atoms with Crippen LogP contribution in [0.2, 0.25) is 5.02 Å². The molecule has 126 valence electrons. The maximum absolute atomic E-state index is 12.1. The van der Waals surface area contributed by atoms with Gasteiger partial charge in [0, 0.05) is 11.6 Å². The third-order valence-corrected chi connectivity index (χ3v) is 6.63. The van der Waals surface area contributed by atoms with E-state index in [4.69, 9.17) is 16.3 Å². The molecule has 0 aromatic heterocycles. The van der Waals surface area contributed by atoms with Crippen molar-refractivity contribution in [1.29, 1.82) is 0 Å². The first-order valence-corrected chi connectivity index (χ1v) is 9.31. The van der Waals surface area contributed by atoms with Crippen LogP contribution in [-0.2, 0) is 25.9 Å². The Morgan fingerprint density at radius 1 is 1.30 bits per heavy atom. The van der Waals surface area contributed by atoms with Crippen LogP contribution in [0, 0.1) is 0 Å². The maximum atomic E-state index is 12.1. The van der Waals surface area contributed by atoms with Crippen molar-refractivity contribution in [3.05, 3.63) is 34.9 Å². The van der Waals surface area contributed by atoms with Gasteiger partial charge >= 0.3 is 6.09 Å². The van der Waals surface area contributed by atoms with E-state index < -0.39 is 27.3 Å². The van der Waals surface area contributed by atoms with Gasteiger partial charge in [-0.25, -0.2) is 4.79 Å². The van der Waals surface area contributed by atoms with Gasteiger partial charge in [0.25, 0.3) is 0 Å². The van der Waals surface area contributed by atoms with Gasteiger partial charge in [0.15, 0.2) is 5.60 Å². The van der Waals surface area contributed by atoms with Gasteiger partial charge in [0.2, 0.25) is 0 Å². The molecule has 2 heterocycles. The molecule has 1 unspecified atom stereocenters. The smallest absolute Gasteiger partial charge is 0.410 e. The summed E-state index contributed by atoms with van der Waals surface area (Å²) in [7, 11) is -3.29. The first-order valence-electron chi connectivity index (χ1n) is 7.43. The Hall–Kier alpha value is -1.15. The molecule has 1 aromatic carbocycles. The second kappa shape index (κ2) is 5.73. The molecule has 0 saturated carbocycles. The number of rotatable bonds is 4. The Morgan fingerprint density at radius 3 is 2.48 bits per heavy atom. The Balaban J connectivity index is 1.63. The summed E-state index contributed by atoms with van der Waals surface area (Å²) in [6.45, 7) is 4.58. The highest BCUT2D eigenvalue weighted by Gasteiger charge is 2.59. The Morgan fingerprint density at radius 2 is 1.91 bits per heavy atom. The molecule has 0 N–H and O–H groups in total. The molecule has 2 aliphatic heterocycles. The van der Waals surface area contributed by atoms with E-state index in [2.05, 4.69) is 0 Å². The predicted molar refractivity (Wildman–Crippen MR) is 86.6 cm³/mol. The lowest BCUT2D eigenvalue weighted by molar-refractivity contribution is -0.0372. The van der Waals surface area contributed by atoms with Gasteiger partial charge in [-0.05, 0) is 31.5 Å². The first-order chi connectivity index (χ1) is 10.7. The molecule has 1 amide bonds. The number of carbonyl (C=O) groups excluding carboxylic acids is 1. The number of ether oxygens (including phenoxy) is 1. The topological polar surface area (TPSA) is 72.9 Å². The molecule has 0 bridgehead atoms. The largest absolute Gasteiger partial charge is 0.597 e. The van der Waals surface area contributed by atoms with E-state index in [9.17, 15) is 13.6 Å². The minimum atomic E-state index is -3.29. The number of hydrogen-bond acceptors (Lipinski definition) is 4. The van der Waals surface area contributed by atoms with Crippen LogP contribution in [0.1, 0.15) is 19.4 Å². The van der Waals surface area contributed by atoms with Gasteiger partial charge in [-0.2, -0.15) is 0 Å². The van der Waals surface area contributed by atoms with E-state index in [0.717, 1.165) is 5.56 Å². The Kier molecular flexibility index (Phi) is 4.16. The second-order valence-corrected chi connectivity index (χ2v) is 9.32. The van der Waals surface area contributed by atoms with E-state index in [0.29, 0.717) is 18.1 Å². The lowest BCUT2D eigenvalue weighted by atomic mass is 9.97. The summed E-state index contributed by atoms with van der Waals surface area (Å²) < 4.78 is 31.0. The number of halogens is 1. The molecule has 1 atom stereocenters. The van der Waals surface area contributed by atoms with Crippen LogP contribution in [0.25, 0.3) is 0 Å². The summed E-state index contributed by atoms with van der Waals surface area (Å²) in [5.74, 6) is 0. The van der Waals surface area contributed by atoms with Crippen molar-refractivity contribution < 1.29 is 18.3 Å². The van der Waals surface area contributed by atoms with Crippen molar-refractivity contribution >= 4 is 28.1 Å². The molecule has 2 saturated heterocycles. The lowest BCUT2D eigenvalue weighted by Crippen LogP contribution is -2.67. The maximum Gasteiger partial charge on any atom is 0.410 e. The monoisotopic (exact) mass is 358 g/mol. The fourth-order valence-corrected chi connectivity index (χ4v) is 4.42. The number of carbonyl (C=O) groups is 1. The van der Waals surface area contributed by atoms with Gasteiger partial charge in [0.1, 0.15) is 15.6 Å². The molecule has 1 spiro atoms. The summed E-state index contributed by atoms with van der Waals surface area (Å²) in [6, 6.07) is 7.26. The average Bonchev–Trinajstić information content (AvgIpc) is 2.77.